The minimum absolute atomic E-state index is 0.0235. The van der Waals surface area contributed by atoms with E-state index in [2.05, 4.69) is 10.6 Å². The molecule has 0 saturated heterocycles. The quantitative estimate of drug-likeness (QED) is 0.526. The molecule has 0 fully saturated rings. The van der Waals surface area contributed by atoms with Gasteiger partial charge >= 0.3 is 0 Å². The van der Waals surface area contributed by atoms with Crippen LogP contribution in [0, 0.1) is 5.82 Å². The van der Waals surface area contributed by atoms with E-state index in [0.29, 0.717) is 0 Å². The van der Waals surface area contributed by atoms with Gasteiger partial charge in [0.2, 0.25) is 15.9 Å². The van der Waals surface area contributed by atoms with Gasteiger partial charge in [-0.05, 0) is 42.8 Å². The third kappa shape index (κ3) is 6.39. The fraction of sp³-hybridized carbons (Fsp3) is 0.167. The highest BCUT2D eigenvalue weighted by molar-refractivity contribution is 7.92. The zero-order valence-corrected chi connectivity index (χ0v) is 19.0. The van der Waals surface area contributed by atoms with Crippen LogP contribution in [0.3, 0.4) is 0 Å². The molecule has 0 aliphatic rings. The molecule has 3 aromatic carbocycles. The van der Waals surface area contributed by atoms with Gasteiger partial charge in [-0.3, -0.25) is 13.9 Å². The SMILES string of the molecule is C[C@H](NC(=O)c1ccccc1NC(=O)CN(c1cccc(F)c1)S(C)(=O)=O)c1ccccc1. The van der Waals surface area contributed by atoms with E-state index < -0.39 is 34.2 Å². The van der Waals surface area contributed by atoms with Crippen molar-refractivity contribution < 1.29 is 22.4 Å². The first-order valence-corrected chi connectivity index (χ1v) is 12.0. The van der Waals surface area contributed by atoms with E-state index in [4.69, 9.17) is 0 Å². The van der Waals surface area contributed by atoms with E-state index in [1.807, 2.05) is 37.3 Å². The fourth-order valence-electron chi connectivity index (χ4n) is 3.24. The van der Waals surface area contributed by atoms with Crippen molar-refractivity contribution in [2.75, 3.05) is 22.4 Å². The van der Waals surface area contributed by atoms with Crippen LogP contribution in [0.15, 0.2) is 78.9 Å². The van der Waals surface area contributed by atoms with E-state index in [-0.39, 0.29) is 23.0 Å². The van der Waals surface area contributed by atoms with Crippen molar-refractivity contribution in [2.24, 2.45) is 0 Å². The average Bonchev–Trinajstić information content (AvgIpc) is 2.77. The summed E-state index contributed by atoms with van der Waals surface area (Å²) in [6.45, 7) is 1.26. The number of anilines is 2. The summed E-state index contributed by atoms with van der Waals surface area (Å²) >= 11 is 0. The van der Waals surface area contributed by atoms with Crippen molar-refractivity contribution in [2.45, 2.75) is 13.0 Å². The largest absolute Gasteiger partial charge is 0.345 e. The highest BCUT2D eigenvalue weighted by atomic mass is 32.2. The molecule has 3 aromatic rings. The van der Waals surface area contributed by atoms with Crippen molar-refractivity contribution in [1.29, 1.82) is 0 Å². The van der Waals surface area contributed by atoms with Crippen LogP contribution in [-0.4, -0.2) is 33.0 Å². The number of hydrogen-bond donors (Lipinski definition) is 2. The number of carbonyl (C=O) groups is 2. The summed E-state index contributed by atoms with van der Waals surface area (Å²) in [6, 6.07) is 20.5. The molecule has 0 aliphatic heterocycles. The standard InChI is InChI=1S/C24H24FN3O4S/c1-17(18-9-4-3-5-10-18)26-24(30)21-13-6-7-14-22(21)27-23(29)16-28(33(2,31)32)20-12-8-11-19(25)15-20/h3-15,17H,16H2,1-2H3,(H,26,30)(H,27,29)/t17-/m0/s1. The monoisotopic (exact) mass is 469 g/mol. The summed E-state index contributed by atoms with van der Waals surface area (Å²) in [4.78, 5) is 25.6. The number of nitrogens with one attached hydrogen (secondary N) is 2. The maximum absolute atomic E-state index is 13.6. The molecule has 0 unspecified atom stereocenters. The van der Waals surface area contributed by atoms with E-state index in [9.17, 15) is 22.4 Å². The zero-order valence-electron chi connectivity index (χ0n) is 18.2. The number of benzene rings is 3. The first-order chi connectivity index (χ1) is 15.6. The molecule has 0 bridgehead atoms. The van der Waals surface area contributed by atoms with Gasteiger partial charge in [-0.1, -0.05) is 48.5 Å². The number of rotatable bonds is 8. The Morgan fingerprint density at radius 3 is 2.30 bits per heavy atom. The van der Waals surface area contributed by atoms with Gasteiger partial charge in [0.15, 0.2) is 0 Å². The molecule has 3 rings (SSSR count). The van der Waals surface area contributed by atoms with Gasteiger partial charge < -0.3 is 10.6 Å². The van der Waals surface area contributed by atoms with Gasteiger partial charge in [0.25, 0.3) is 5.91 Å². The highest BCUT2D eigenvalue weighted by Crippen LogP contribution is 2.21. The summed E-state index contributed by atoms with van der Waals surface area (Å²) in [6.07, 6.45) is 0.928. The van der Waals surface area contributed by atoms with E-state index in [1.54, 1.807) is 24.3 Å². The lowest BCUT2D eigenvalue weighted by Gasteiger charge is -2.22. The molecule has 0 aliphatic carbocycles. The van der Waals surface area contributed by atoms with Crippen LogP contribution in [0.4, 0.5) is 15.8 Å². The van der Waals surface area contributed by atoms with Crippen molar-refractivity contribution >= 4 is 33.2 Å². The lowest BCUT2D eigenvalue weighted by molar-refractivity contribution is -0.114. The predicted octanol–water partition coefficient (Wildman–Crippen LogP) is 3.72. The molecule has 1 atom stereocenters. The highest BCUT2D eigenvalue weighted by Gasteiger charge is 2.22. The normalized spacial score (nSPS) is 12.0. The summed E-state index contributed by atoms with van der Waals surface area (Å²) in [5, 5.41) is 5.48. The smallest absolute Gasteiger partial charge is 0.253 e. The van der Waals surface area contributed by atoms with Crippen molar-refractivity contribution in [1.82, 2.24) is 5.32 Å². The maximum atomic E-state index is 13.6. The fourth-order valence-corrected chi connectivity index (χ4v) is 4.09. The average molecular weight is 470 g/mol. The molecule has 2 amide bonds. The van der Waals surface area contributed by atoms with Gasteiger partial charge in [-0.25, -0.2) is 12.8 Å². The molecular formula is C24H24FN3O4S. The maximum Gasteiger partial charge on any atom is 0.253 e. The Labute approximate surface area is 192 Å². The molecule has 0 radical (unpaired) electrons. The number of amides is 2. The first-order valence-electron chi connectivity index (χ1n) is 10.1. The van der Waals surface area contributed by atoms with Crippen molar-refractivity contribution in [3.63, 3.8) is 0 Å². The van der Waals surface area contributed by atoms with Crippen molar-refractivity contribution in [3.05, 3.63) is 95.8 Å². The molecule has 0 aromatic heterocycles. The van der Waals surface area contributed by atoms with Crippen LogP contribution < -0.4 is 14.9 Å². The molecule has 7 nitrogen and oxygen atoms in total. The molecule has 2 N–H and O–H groups in total. The topological polar surface area (TPSA) is 95.6 Å². The second-order valence-electron chi connectivity index (χ2n) is 7.45. The first kappa shape index (κ1) is 23.9. The predicted molar refractivity (Wildman–Crippen MR) is 126 cm³/mol. The van der Waals surface area contributed by atoms with E-state index >= 15 is 0 Å². The number of hydrogen-bond acceptors (Lipinski definition) is 4. The lowest BCUT2D eigenvalue weighted by Crippen LogP contribution is -2.38. The van der Waals surface area contributed by atoms with Gasteiger partial charge in [0.05, 0.1) is 29.2 Å². The Morgan fingerprint density at radius 1 is 0.970 bits per heavy atom. The molecule has 172 valence electrons. The summed E-state index contributed by atoms with van der Waals surface area (Å²) < 4.78 is 38.8. The molecular weight excluding hydrogens is 445 g/mol. The van der Waals surface area contributed by atoms with Crippen LogP contribution in [0.1, 0.15) is 28.9 Å². The number of para-hydroxylation sites is 1. The molecule has 33 heavy (non-hydrogen) atoms. The summed E-state index contributed by atoms with van der Waals surface area (Å²) in [5.74, 6) is -1.70. The minimum Gasteiger partial charge on any atom is -0.345 e. The zero-order chi connectivity index (χ0) is 24.0. The second kappa shape index (κ2) is 10.3. The van der Waals surface area contributed by atoms with Gasteiger partial charge in [-0.15, -0.1) is 0 Å². The van der Waals surface area contributed by atoms with Gasteiger partial charge in [-0.2, -0.15) is 0 Å². The lowest BCUT2D eigenvalue weighted by atomic mass is 10.1. The number of sulfonamides is 1. The van der Waals surface area contributed by atoms with Crippen LogP contribution in [-0.2, 0) is 14.8 Å². The van der Waals surface area contributed by atoms with Crippen LogP contribution >= 0.6 is 0 Å². The number of carbonyl (C=O) groups excluding carboxylic acids is 2. The minimum atomic E-state index is -3.87. The summed E-state index contributed by atoms with van der Waals surface area (Å²) in [7, 11) is -3.87. The van der Waals surface area contributed by atoms with Gasteiger partial charge in [0.1, 0.15) is 12.4 Å². The molecule has 9 heteroatoms. The Kier molecular flexibility index (Phi) is 7.44. The third-order valence-electron chi connectivity index (χ3n) is 4.88. The van der Waals surface area contributed by atoms with Gasteiger partial charge in [0, 0.05) is 0 Å². The molecule has 0 saturated carbocycles. The van der Waals surface area contributed by atoms with Crippen LogP contribution in [0.2, 0.25) is 0 Å². The Morgan fingerprint density at radius 2 is 1.64 bits per heavy atom. The number of halogens is 1. The second-order valence-corrected chi connectivity index (χ2v) is 9.36. The third-order valence-corrected chi connectivity index (χ3v) is 6.02. The Hall–Kier alpha value is -3.72. The number of nitrogens with zero attached hydrogens (tertiary/aromatic N) is 1. The van der Waals surface area contributed by atoms with Crippen molar-refractivity contribution in [3.8, 4) is 0 Å². The van der Waals surface area contributed by atoms with Crippen LogP contribution in [0.25, 0.3) is 0 Å². The Bertz CT molecular complexity index is 1250. The molecule has 0 heterocycles. The van der Waals surface area contributed by atoms with Crippen LogP contribution in [0.5, 0.6) is 0 Å². The molecule has 0 spiro atoms. The Balaban J connectivity index is 1.77. The summed E-state index contributed by atoms with van der Waals surface area (Å²) in [5.41, 5.74) is 1.40. The van der Waals surface area contributed by atoms with E-state index in [0.717, 1.165) is 22.2 Å². The van der Waals surface area contributed by atoms with E-state index in [1.165, 1.54) is 18.2 Å².